The predicted octanol–water partition coefficient (Wildman–Crippen LogP) is -0.0883. The summed E-state index contributed by atoms with van der Waals surface area (Å²) in [5.74, 6) is -1.00. The van der Waals surface area contributed by atoms with E-state index in [9.17, 15) is 14.0 Å². The van der Waals surface area contributed by atoms with E-state index in [1.807, 2.05) is 4.90 Å². The minimum Gasteiger partial charge on any atom is -0.399 e. The standard InChI is InChI=1S/C14H19FN4O2/c1-17-13(20)9-18-4-6-19(7-5-18)14(21)11-3-2-10(16)8-12(11)15/h2-3,8H,4-7,9,16H2,1H3,(H,17,20). The van der Waals surface area contributed by atoms with E-state index in [2.05, 4.69) is 5.32 Å². The molecule has 1 heterocycles. The Morgan fingerprint density at radius 1 is 1.29 bits per heavy atom. The van der Waals surface area contributed by atoms with Crippen LogP contribution in [0.15, 0.2) is 18.2 Å². The Morgan fingerprint density at radius 2 is 1.95 bits per heavy atom. The Labute approximate surface area is 122 Å². The second-order valence-electron chi connectivity index (χ2n) is 4.98. The number of hydrogen-bond acceptors (Lipinski definition) is 4. The van der Waals surface area contributed by atoms with Gasteiger partial charge >= 0.3 is 0 Å². The summed E-state index contributed by atoms with van der Waals surface area (Å²) in [5, 5.41) is 2.56. The highest BCUT2D eigenvalue weighted by Gasteiger charge is 2.24. The average Bonchev–Trinajstić information content (AvgIpc) is 2.47. The van der Waals surface area contributed by atoms with Gasteiger partial charge in [-0.1, -0.05) is 0 Å². The molecule has 0 bridgehead atoms. The van der Waals surface area contributed by atoms with Gasteiger partial charge in [-0.05, 0) is 18.2 Å². The number of nitrogens with zero attached hydrogens (tertiary/aromatic N) is 2. The molecular weight excluding hydrogens is 275 g/mol. The number of likely N-dealkylation sites (N-methyl/N-ethyl adjacent to an activating group) is 1. The zero-order chi connectivity index (χ0) is 15.4. The number of nitrogen functional groups attached to an aromatic ring is 1. The molecule has 0 aromatic heterocycles. The maximum Gasteiger partial charge on any atom is 0.256 e. The highest BCUT2D eigenvalue weighted by molar-refractivity contribution is 5.95. The molecule has 1 fully saturated rings. The van der Waals surface area contributed by atoms with Crippen molar-refractivity contribution in [2.24, 2.45) is 0 Å². The molecule has 1 aromatic rings. The zero-order valence-corrected chi connectivity index (χ0v) is 11.9. The molecule has 3 N–H and O–H groups in total. The molecule has 0 unspecified atom stereocenters. The number of anilines is 1. The van der Waals surface area contributed by atoms with Crippen molar-refractivity contribution in [3.8, 4) is 0 Å². The molecule has 1 aliphatic heterocycles. The fourth-order valence-corrected chi connectivity index (χ4v) is 2.27. The van der Waals surface area contributed by atoms with E-state index in [-0.39, 0.29) is 17.4 Å². The van der Waals surface area contributed by atoms with E-state index >= 15 is 0 Å². The summed E-state index contributed by atoms with van der Waals surface area (Å²) in [6.07, 6.45) is 0. The molecule has 1 saturated heterocycles. The molecule has 0 saturated carbocycles. The van der Waals surface area contributed by atoms with E-state index < -0.39 is 5.82 Å². The van der Waals surface area contributed by atoms with Crippen LogP contribution in [0.25, 0.3) is 0 Å². The molecule has 0 aliphatic carbocycles. The molecule has 2 amide bonds. The van der Waals surface area contributed by atoms with E-state index in [4.69, 9.17) is 5.73 Å². The maximum atomic E-state index is 13.8. The topological polar surface area (TPSA) is 78.7 Å². The summed E-state index contributed by atoms with van der Waals surface area (Å²) in [5.41, 5.74) is 5.80. The normalized spacial score (nSPS) is 15.8. The molecule has 2 rings (SSSR count). The predicted molar refractivity (Wildman–Crippen MR) is 77.2 cm³/mol. The Hall–Kier alpha value is -2.15. The third-order valence-electron chi connectivity index (χ3n) is 3.53. The van der Waals surface area contributed by atoms with Crippen LogP contribution in [0.5, 0.6) is 0 Å². The molecule has 0 atom stereocenters. The van der Waals surface area contributed by atoms with Crippen LogP contribution in [0.1, 0.15) is 10.4 Å². The average molecular weight is 294 g/mol. The first-order chi connectivity index (χ1) is 10.0. The summed E-state index contributed by atoms with van der Waals surface area (Å²) < 4.78 is 13.8. The molecule has 6 nitrogen and oxygen atoms in total. The van der Waals surface area contributed by atoms with E-state index in [0.29, 0.717) is 38.4 Å². The van der Waals surface area contributed by atoms with Gasteiger partial charge < -0.3 is 16.0 Å². The van der Waals surface area contributed by atoms with Gasteiger partial charge in [-0.3, -0.25) is 14.5 Å². The molecule has 1 aliphatic rings. The van der Waals surface area contributed by atoms with Gasteiger partial charge in [0.2, 0.25) is 5.91 Å². The first-order valence-corrected chi connectivity index (χ1v) is 6.78. The number of carbonyl (C=O) groups is 2. The van der Waals surface area contributed by atoms with Gasteiger partial charge in [0.15, 0.2) is 0 Å². The number of piperazine rings is 1. The number of nitrogens with two attached hydrogens (primary N) is 1. The van der Waals surface area contributed by atoms with Crippen LogP contribution in [0, 0.1) is 5.82 Å². The number of carbonyl (C=O) groups excluding carboxylic acids is 2. The van der Waals surface area contributed by atoms with Crippen molar-refractivity contribution in [3.05, 3.63) is 29.6 Å². The van der Waals surface area contributed by atoms with E-state index in [0.717, 1.165) is 6.07 Å². The Bertz CT molecular complexity index is 542. The third kappa shape index (κ3) is 3.69. The van der Waals surface area contributed by atoms with Gasteiger partial charge in [0.05, 0.1) is 12.1 Å². The Balaban J connectivity index is 1.95. The van der Waals surface area contributed by atoms with Gasteiger partial charge in [0, 0.05) is 38.9 Å². The van der Waals surface area contributed by atoms with Gasteiger partial charge in [0.1, 0.15) is 5.82 Å². The van der Waals surface area contributed by atoms with E-state index in [1.54, 1.807) is 11.9 Å². The van der Waals surface area contributed by atoms with Gasteiger partial charge in [-0.25, -0.2) is 4.39 Å². The minimum absolute atomic E-state index is 0.0314. The molecular formula is C14H19FN4O2. The summed E-state index contributed by atoms with van der Waals surface area (Å²) in [6, 6.07) is 4.07. The first kappa shape index (κ1) is 15.2. The van der Waals surface area contributed by atoms with Crippen molar-refractivity contribution in [2.75, 3.05) is 45.5 Å². The lowest BCUT2D eigenvalue weighted by Gasteiger charge is -2.34. The van der Waals surface area contributed by atoms with Crippen molar-refractivity contribution in [1.29, 1.82) is 0 Å². The van der Waals surface area contributed by atoms with Crippen molar-refractivity contribution in [3.63, 3.8) is 0 Å². The fourth-order valence-electron chi connectivity index (χ4n) is 2.27. The Morgan fingerprint density at radius 3 is 2.52 bits per heavy atom. The monoisotopic (exact) mass is 294 g/mol. The van der Waals surface area contributed by atoms with Gasteiger partial charge in [-0.15, -0.1) is 0 Å². The SMILES string of the molecule is CNC(=O)CN1CCN(C(=O)c2ccc(N)cc2F)CC1. The largest absolute Gasteiger partial charge is 0.399 e. The second kappa shape index (κ2) is 6.53. The smallest absolute Gasteiger partial charge is 0.256 e. The number of halogens is 1. The maximum absolute atomic E-state index is 13.8. The number of rotatable bonds is 3. The molecule has 0 radical (unpaired) electrons. The van der Waals surface area contributed by atoms with Crippen LogP contribution < -0.4 is 11.1 Å². The van der Waals surface area contributed by atoms with Crippen LogP contribution >= 0.6 is 0 Å². The lowest BCUT2D eigenvalue weighted by Crippen LogP contribution is -2.51. The van der Waals surface area contributed by atoms with Crippen molar-refractivity contribution >= 4 is 17.5 Å². The van der Waals surface area contributed by atoms with E-state index in [1.165, 1.54) is 12.1 Å². The van der Waals surface area contributed by atoms with Gasteiger partial charge in [-0.2, -0.15) is 0 Å². The highest BCUT2D eigenvalue weighted by atomic mass is 19.1. The Kier molecular flexibility index (Phi) is 4.74. The number of hydrogen-bond donors (Lipinski definition) is 2. The molecule has 0 spiro atoms. The highest BCUT2D eigenvalue weighted by Crippen LogP contribution is 2.15. The minimum atomic E-state index is -0.604. The van der Waals surface area contributed by atoms with Crippen LogP contribution in [0.2, 0.25) is 0 Å². The summed E-state index contributed by atoms with van der Waals surface area (Å²) in [7, 11) is 1.59. The second-order valence-corrected chi connectivity index (χ2v) is 4.98. The van der Waals surface area contributed by atoms with Crippen molar-refractivity contribution < 1.29 is 14.0 Å². The first-order valence-electron chi connectivity index (χ1n) is 6.78. The van der Waals surface area contributed by atoms with Crippen LogP contribution in [0.3, 0.4) is 0 Å². The van der Waals surface area contributed by atoms with Crippen LogP contribution in [-0.4, -0.2) is 61.4 Å². The zero-order valence-electron chi connectivity index (χ0n) is 11.9. The third-order valence-corrected chi connectivity index (χ3v) is 3.53. The molecule has 1 aromatic carbocycles. The quantitative estimate of drug-likeness (QED) is 0.764. The fraction of sp³-hybridized carbons (Fsp3) is 0.429. The molecule has 114 valence electrons. The van der Waals surface area contributed by atoms with Crippen molar-refractivity contribution in [2.45, 2.75) is 0 Å². The summed E-state index contributed by atoms with van der Waals surface area (Å²) in [6.45, 7) is 2.44. The number of amides is 2. The van der Waals surface area contributed by atoms with Crippen molar-refractivity contribution in [1.82, 2.24) is 15.1 Å². The number of benzene rings is 1. The number of nitrogens with one attached hydrogen (secondary N) is 1. The molecule has 21 heavy (non-hydrogen) atoms. The lowest BCUT2D eigenvalue weighted by atomic mass is 10.1. The molecule has 7 heteroatoms. The summed E-state index contributed by atoms with van der Waals surface area (Å²) in [4.78, 5) is 27.1. The van der Waals surface area contributed by atoms with Crippen LogP contribution in [-0.2, 0) is 4.79 Å². The summed E-state index contributed by atoms with van der Waals surface area (Å²) >= 11 is 0. The van der Waals surface area contributed by atoms with Gasteiger partial charge in [0.25, 0.3) is 5.91 Å². The van der Waals surface area contributed by atoms with Crippen LogP contribution in [0.4, 0.5) is 10.1 Å². The lowest BCUT2D eigenvalue weighted by molar-refractivity contribution is -0.122.